The van der Waals surface area contributed by atoms with Gasteiger partial charge in [0.2, 0.25) is 21.1 Å². The number of aromatic amines is 1. The van der Waals surface area contributed by atoms with Gasteiger partial charge < -0.3 is 5.32 Å². The molecule has 4 N–H and O–H groups in total. The first-order valence-corrected chi connectivity index (χ1v) is 10.9. The van der Waals surface area contributed by atoms with Crippen molar-refractivity contribution in [1.82, 2.24) is 20.5 Å². The van der Waals surface area contributed by atoms with Crippen LogP contribution in [0.4, 0.5) is 0 Å². The molecule has 2 aromatic carbocycles. The number of H-pyrrole nitrogens is 1. The SMILES string of the molecule is C[C@H](NC(=O)CSc1n[nH]c(-c2ccccc2)n1)c1ccc(S(N)(=O)=O)cc1. The lowest BCUT2D eigenvalue weighted by atomic mass is 10.1. The summed E-state index contributed by atoms with van der Waals surface area (Å²) in [6.07, 6.45) is 0. The Labute approximate surface area is 167 Å². The van der Waals surface area contributed by atoms with Crippen molar-refractivity contribution in [3.8, 4) is 11.4 Å². The highest BCUT2D eigenvalue weighted by Gasteiger charge is 2.13. The maximum atomic E-state index is 12.2. The number of hydrogen-bond acceptors (Lipinski definition) is 6. The number of thioether (sulfide) groups is 1. The molecule has 28 heavy (non-hydrogen) atoms. The van der Waals surface area contributed by atoms with Crippen LogP contribution in [0.2, 0.25) is 0 Å². The molecule has 0 saturated heterocycles. The van der Waals surface area contributed by atoms with Crippen LogP contribution >= 0.6 is 11.8 Å². The van der Waals surface area contributed by atoms with E-state index in [1.807, 2.05) is 37.3 Å². The minimum atomic E-state index is -3.73. The Hall–Kier alpha value is -2.69. The third-order valence-corrected chi connectivity index (χ3v) is 5.71. The van der Waals surface area contributed by atoms with Crippen molar-refractivity contribution in [3.05, 3.63) is 60.2 Å². The van der Waals surface area contributed by atoms with Gasteiger partial charge in [-0.15, -0.1) is 5.10 Å². The van der Waals surface area contributed by atoms with E-state index in [0.29, 0.717) is 11.0 Å². The van der Waals surface area contributed by atoms with E-state index in [-0.39, 0.29) is 22.6 Å². The van der Waals surface area contributed by atoms with E-state index in [1.54, 1.807) is 12.1 Å². The first-order valence-electron chi connectivity index (χ1n) is 8.35. The van der Waals surface area contributed by atoms with E-state index in [1.165, 1.54) is 23.9 Å². The molecule has 0 aliphatic rings. The molecule has 3 aromatic rings. The lowest BCUT2D eigenvalue weighted by molar-refractivity contribution is -0.119. The maximum absolute atomic E-state index is 12.2. The Morgan fingerprint density at radius 2 is 1.86 bits per heavy atom. The van der Waals surface area contributed by atoms with Crippen molar-refractivity contribution in [2.45, 2.75) is 23.0 Å². The normalized spacial score (nSPS) is 12.5. The number of nitrogens with one attached hydrogen (secondary N) is 2. The first kappa shape index (κ1) is 20.1. The van der Waals surface area contributed by atoms with Crippen LogP contribution in [0.5, 0.6) is 0 Å². The zero-order valence-corrected chi connectivity index (χ0v) is 16.6. The molecule has 10 heteroatoms. The number of rotatable bonds is 7. The number of carbonyl (C=O) groups is 1. The monoisotopic (exact) mass is 417 g/mol. The fraction of sp³-hybridized carbons (Fsp3) is 0.167. The predicted molar refractivity (Wildman–Crippen MR) is 107 cm³/mol. The van der Waals surface area contributed by atoms with E-state index >= 15 is 0 Å². The second-order valence-corrected chi connectivity index (χ2v) is 8.53. The molecule has 1 aromatic heterocycles. The lowest BCUT2D eigenvalue weighted by Gasteiger charge is -2.14. The maximum Gasteiger partial charge on any atom is 0.238 e. The molecule has 0 radical (unpaired) electrons. The highest BCUT2D eigenvalue weighted by Crippen LogP contribution is 2.19. The van der Waals surface area contributed by atoms with Crippen LogP contribution in [0.15, 0.2) is 64.6 Å². The first-order chi connectivity index (χ1) is 13.3. The number of benzene rings is 2. The van der Waals surface area contributed by atoms with Crippen LogP contribution in [0, 0.1) is 0 Å². The number of amides is 1. The number of nitrogens with zero attached hydrogens (tertiary/aromatic N) is 2. The molecule has 3 rings (SSSR count). The molecule has 8 nitrogen and oxygen atoms in total. The molecule has 0 aliphatic carbocycles. The summed E-state index contributed by atoms with van der Waals surface area (Å²) < 4.78 is 22.6. The van der Waals surface area contributed by atoms with Gasteiger partial charge in [0, 0.05) is 5.56 Å². The summed E-state index contributed by atoms with van der Waals surface area (Å²) in [6, 6.07) is 15.4. The number of aromatic nitrogens is 3. The average Bonchev–Trinajstić information content (AvgIpc) is 3.15. The van der Waals surface area contributed by atoms with Gasteiger partial charge in [-0.2, -0.15) is 0 Å². The third kappa shape index (κ3) is 5.18. The quantitative estimate of drug-likeness (QED) is 0.505. The predicted octanol–water partition coefficient (Wildman–Crippen LogP) is 2.09. The Morgan fingerprint density at radius 3 is 2.50 bits per heavy atom. The van der Waals surface area contributed by atoms with Crippen LogP contribution in [0.3, 0.4) is 0 Å². The van der Waals surface area contributed by atoms with Crippen molar-refractivity contribution in [2.75, 3.05) is 5.75 Å². The zero-order chi connectivity index (χ0) is 20.1. The number of sulfonamides is 1. The van der Waals surface area contributed by atoms with Crippen LogP contribution in [0.1, 0.15) is 18.5 Å². The van der Waals surface area contributed by atoms with Gasteiger partial charge in [0.1, 0.15) is 0 Å². The molecule has 0 unspecified atom stereocenters. The largest absolute Gasteiger partial charge is 0.349 e. The van der Waals surface area contributed by atoms with Crippen molar-refractivity contribution >= 4 is 27.7 Å². The molecule has 0 fully saturated rings. The molecule has 0 bridgehead atoms. The van der Waals surface area contributed by atoms with E-state index in [0.717, 1.165) is 11.1 Å². The molecule has 0 saturated carbocycles. The topological polar surface area (TPSA) is 131 Å². The summed E-state index contributed by atoms with van der Waals surface area (Å²) in [7, 11) is -3.73. The number of primary sulfonamides is 1. The molecule has 0 spiro atoms. The Morgan fingerprint density at radius 1 is 1.18 bits per heavy atom. The molecular weight excluding hydrogens is 398 g/mol. The standard InChI is InChI=1S/C18H19N5O3S2/c1-12(13-7-9-15(10-8-13)28(19,25)26)20-16(24)11-27-18-21-17(22-23-18)14-5-3-2-4-6-14/h2-10,12H,11H2,1H3,(H,20,24)(H2,19,25,26)(H,21,22,23)/t12-/m0/s1. The van der Waals surface area contributed by atoms with Crippen LogP contribution in [-0.4, -0.2) is 35.3 Å². The van der Waals surface area contributed by atoms with Crippen LogP contribution < -0.4 is 10.5 Å². The van der Waals surface area contributed by atoms with Gasteiger partial charge >= 0.3 is 0 Å². The smallest absolute Gasteiger partial charge is 0.238 e. The van der Waals surface area contributed by atoms with Gasteiger partial charge in [0.25, 0.3) is 0 Å². The number of nitrogens with two attached hydrogens (primary N) is 1. The minimum Gasteiger partial charge on any atom is -0.349 e. The van der Waals surface area contributed by atoms with E-state index in [9.17, 15) is 13.2 Å². The van der Waals surface area contributed by atoms with Crippen molar-refractivity contribution in [1.29, 1.82) is 0 Å². The summed E-state index contributed by atoms with van der Waals surface area (Å²) in [4.78, 5) is 16.6. The van der Waals surface area contributed by atoms with E-state index < -0.39 is 10.0 Å². The summed E-state index contributed by atoms with van der Waals surface area (Å²) >= 11 is 1.23. The van der Waals surface area contributed by atoms with Gasteiger partial charge in [-0.05, 0) is 24.6 Å². The molecule has 1 atom stereocenters. The molecule has 146 valence electrons. The summed E-state index contributed by atoms with van der Waals surface area (Å²) in [6.45, 7) is 1.81. The average molecular weight is 418 g/mol. The van der Waals surface area contributed by atoms with E-state index in [2.05, 4.69) is 20.5 Å². The molecule has 0 aliphatic heterocycles. The summed E-state index contributed by atoms with van der Waals surface area (Å²) in [5.74, 6) is 0.622. The van der Waals surface area contributed by atoms with E-state index in [4.69, 9.17) is 5.14 Å². The molecule has 1 amide bonds. The lowest BCUT2D eigenvalue weighted by Crippen LogP contribution is -2.28. The highest BCUT2D eigenvalue weighted by atomic mass is 32.2. The van der Waals surface area contributed by atoms with Crippen LogP contribution in [0.25, 0.3) is 11.4 Å². The molecule has 1 heterocycles. The Bertz CT molecular complexity index is 1050. The van der Waals surface area contributed by atoms with Crippen molar-refractivity contribution in [3.63, 3.8) is 0 Å². The number of carbonyl (C=O) groups excluding carboxylic acids is 1. The summed E-state index contributed by atoms with van der Waals surface area (Å²) in [5, 5.41) is 15.4. The minimum absolute atomic E-state index is 0.0316. The second-order valence-electron chi connectivity index (χ2n) is 6.02. The van der Waals surface area contributed by atoms with Crippen molar-refractivity contribution in [2.24, 2.45) is 5.14 Å². The highest BCUT2D eigenvalue weighted by molar-refractivity contribution is 7.99. The summed E-state index contributed by atoms with van der Waals surface area (Å²) in [5.41, 5.74) is 1.69. The fourth-order valence-corrected chi connectivity index (χ4v) is 3.60. The van der Waals surface area contributed by atoms with Gasteiger partial charge in [-0.25, -0.2) is 18.5 Å². The number of hydrogen-bond donors (Lipinski definition) is 3. The third-order valence-electron chi connectivity index (χ3n) is 3.93. The zero-order valence-electron chi connectivity index (χ0n) is 15.0. The Balaban J connectivity index is 1.54. The Kier molecular flexibility index (Phi) is 6.12. The van der Waals surface area contributed by atoms with Gasteiger partial charge in [-0.1, -0.05) is 54.2 Å². The van der Waals surface area contributed by atoms with Gasteiger partial charge in [-0.3, -0.25) is 9.89 Å². The van der Waals surface area contributed by atoms with Crippen molar-refractivity contribution < 1.29 is 13.2 Å². The van der Waals surface area contributed by atoms with Crippen LogP contribution in [-0.2, 0) is 14.8 Å². The van der Waals surface area contributed by atoms with Gasteiger partial charge in [0.05, 0.1) is 16.7 Å². The van der Waals surface area contributed by atoms with Gasteiger partial charge in [0.15, 0.2) is 5.82 Å². The fourth-order valence-electron chi connectivity index (χ4n) is 2.48. The molecular formula is C18H19N5O3S2. The second kappa shape index (κ2) is 8.55.